The van der Waals surface area contributed by atoms with Gasteiger partial charge in [0.25, 0.3) is 0 Å². The normalized spacial score (nSPS) is 21.7. The van der Waals surface area contributed by atoms with Crippen molar-refractivity contribution in [1.82, 2.24) is 9.88 Å². The lowest BCUT2D eigenvalue weighted by molar-refractivity contribution is -0.264. The number of fused-ring (bicyclic) bond motifs is 1. The predicted octanol–water partition coefficient (Wildman–Crippen LogP) is 2.15. The summed E-state index contributed by atoms with van der Waals surface area (Å²) in [5, 5.41) is 3.16. The van der Waals surface area contributed by atoms with E-state index in [1.165, 1.54) is 0 Å². The van der Waals surface area contributed by atoms with E-state index in [0.29, 0.717) is 17.9 Å². The first-order valence-corrected chi connectivity index (χ1v) is 11.2. The Bertz CT molecular complexity index is 1110. The predicted molar refractivity (Wildman–Crippen MR) is 124 cm³/mol. The third kappa shape index (κ3) is 4.32. The van der Waals surface area contributed by atoms with Crippen LogP contribution in [0.25, 0.3) is 0 Å². The van der Waals surface area contributed by atoms with Crippen molar-refractivity contribution in [2.45, 2.75) is 25.5 Å². The number of ether oxygens (including phenoxy) is 3. The van der Waals surface area contributed by atoms with E-state index in [-0.39, 0.29) is 12.0 Å². The molecule has 0 radical (unpaired) electrons. The monoisotopic (exact) mass is 463 g/mol. The number of esters is 2. The van der Waals surface area contributed by atoms with Crippen LogP contribution in [-0.4, -0.2) is 66.0 Å². The van der Waals surface area contributed by atoms with Gasteiger partial charge in [-0.15, -0.1) is 0 Å². The van der Waals surface area contributed by atoms with Crippen LogP contribution in [0.5, 0.6) is 5.75 Å². The molecule has 10 heteroatoms. The van der Waals surface area contributed by atoms with Gasteiger partial charge in [0.05, 0.1) is 5.69 Å². The smallest absolute Gasteiger partial charge is 0.412 e. The van der Waals surface area contributed by atoms with Gasteiger partial charge >= 0.3 is 17.9 Å². The van der Waals surface area contributed by atoms with Crippen LogP contribution in [0.1, 0.15) is 13.3 Å². The molecule has 1 N–H and O–H groups in total. The molecule has 2 aromatic rings. The van der Waals surface area contributed by atoms with Gasteiger partial charge in [-0.05, 0) is 30.7 Å². The van der Waals surface area contributed by atoms with E-state index in [4.69, 9.17) is 19.2 Å². The molecule has 0 bridgehead atoms. The van der Waals surface area contributed by atoms with E-state index in [0.717, 1.165) is 44.1 Å². The van der Waals surface area contributed by atoms with Gasteiger partial charge in [-0.25, -0.2) is 19.6 Å². The number of carbonyl (C=O) groups excluding carboxylic acids is 2. The van der Waals surface area contributed by atoms with Gasteiger partial charge in [-0.1, -0.05) is 25.1 Å². The fourth-order valence-corrected chi connectivity index (χ4v) is 4.17. The molecule has 1 spiro atoms. The van der Waals surface area contributed by atoms with Crippen LogP contribution in [0.4, 0.5) is 11.5 Å². The molecular formula is C24H25N5O5. The Morgan fingerprint density at radius 2 is 1.71 bits per heavy atom. The molecule has 1 unspecified atom stereocenters. The topological polar surface area (TPSA) is 106 Å². The molecule has 0 saturated carbocycles. The summed E-state index contributed by atoms with van der Waals surface area (Å²) < 4.78 is 16.9. The molecule has 1 saturated heterocycles. The summed E-state index contributed by atoms with van der Waals surface area (Å²) in [4.78, 5) is 38.3. The average molecular weight is 463 g/mol. The molecule has 1 aromatic heterocycles. The summed E-state index contributed by atoms with van der Waals surface area (Å²) >= 11 is 0. The fourth-order valence-electron chi connectivity index (χ4n) is 4.17. The number of nitrogens with one attached hydrogen (secondary N) is 1. The van der Waals surface area contributed by atoms with Crippen LogP contribution in [-0.2, 0) is 19.1 Å². The molecule has 176 valence electrons. The van der Waals surface area contributed by atoms with Crippen LogP contribution in [0, 0.1) is 0 Å². The van der Waals surface area contributed by atoms with Gasteiger partial charge in [0, 0.05) is 44.5 Å². The number of anilines is 2. The van der Waals surface area contributed by atoms with Crippen LogP contribution >= 0.6 is 0 Å². The van der Waals surface area contributed by atoms with Crippen molar-refractivity contribution in [3.8, 4) is 5.75 Å². The number of nitrogens with zero attached hydrogens (tertiary/aromatic N) is 4. The second-order valence-corrected chi connectivity index (χ2v) is 8.03. The summed E-state index contributed by atoms with van der Waals surface area (Å²) in [7, 11) is 0. The Kier molecular flexibility index (Phi) is 5.89. The van der Waals surface area contributed by atoms with Crippen molar-refractivity contribution < 1.29 is 23.8 Å². The molecule has 1 aromatic carbocycles. The third-order valence-electron chi connectivity index (χ3n) is 5.85. The number of hydrogen-bond acceptors (Lipinski definition) is 9. The lowest BCUT2D eigenvalue weighted by Crippen LogP contribution is -2.57. The zero-order valence-electron chi connectivity index (χ0n) is 18.7. The molecule has 10 nitrogen and oxygen atoms in total. The fraction of sp³-hybridized carbons (Fsp3) is 0.333. The Balaban J connectivity index is 1.42. The number of rotatable bonds is 4. The van der Waals surface area contributed by atoms with Crippen LogP contribution in [0.3, 0.4) is 0 Å². The molecule has 3 aliphatic heterocycles. The number of amidine groups is 1. The maximum absolute atomic E-state index is 12.3. The van der Waals surface area contributed by atoms with Crippen molar-refractivity contribution in [3.63, 3.8) is 0 Å². The summed E-state index contributed by atoms with van der Waals surface area (Å²) in [6.07, 6.45) is 4.23. The van der Waals surface area contributed by atoms with Gasteiger partial charge < -0.3 is 24.4 Å². The van der Waals surface area contributed by atoms with E-state index in [1.807, 2.05) is 37.3 Å². The average Bonchev–Trinajstić information content (AvgIpc) is 3.01. The summed E-state index contributed by atoms with van der Waals surface area (Å²) in [6, 6.07) is 13.0. The van der Waals surface area contributed by atoms with Gasteiger partial charge in [0.1, 0.15) is 12.0 Å². The second kappa shape index (κ2) is 9.14. The summed E-state index contributed by atoms with van der Waals surface area (Å²) in [5.74, 6) is -2.23. The highest BCUT2D eigenvalue weighted by molar-refractivity contribution is 6.06. The highest BCUT2D eigenvalue weighted by Gasteiger charge is 2.52. The molecule has 34 heavy (non-hydrogen) atoms. The highest BCUT2D eigenvalue weighted by atomic mass is 16.9. The molecule has 0 aliphatic carbocycles. The maximum Gasteiger partial charge on any atom is 0.486 e. The SMILES string of the molecule is CCC(/N=C1\Nc2ccccc2OC12OC(=O)C=CC(=O)O2)N1CCN(c2ccccn2)CC1. The number of hydrogen-bond donors (Lipinski definition) is 1. The number of piperazine rings is 1. The Morgan fingerprint density at radius 3 is 2.38 bits per heavy atom. The molecule has 3 aliphatic rings. The van der Waals surface area contributed by atoms with Crippen molar-refractivity contribution in [1.29, 1.82) is 0 Å². The number of aliphatic imine (C=N–C) groups is 1. The quantitative estimate of drug-likeness (QED) is 0.683. The molecule has 0 amide bonds. The number of aromatic nitrogens is 1. The van der Waals surface area contributed by atoms with Crippen molar-refractivity contribution in [3.05, 3.63) is 60.8 Å². The van der Waals surface area contributed by atoms with Gasteiger partial charge in [0.2, 0.25) is 5.84 Å². The number of pyridine rings is 1. The minimum absolute atomic E-state index is 0.107. The van der Waals surface area contributed by atoms with Gasteiger partial charge in [-0.2, -0.15) is 0 Å². The van der Waals surface area contributed by atoms with Gasteiger partial charge in [-0.3, -0.25) is 4.90 Å². The first kappa shape index (κ1) is 21.9. The van der Waals surface area contributed by atoms with Crippen LogP contribution in [0.15, 0.2) is 65.8 Å². The standard InChI is InChI=1S/C24H25N5O5/c1-2-19(28-13-15-29(16-14-28)20-9-5-6-12-25-20)27-23-24(33-21(30)10-11-22(31)34-24)32-18-8-4-3-7-17(18)26-23/h3-12,19H,2,13-16H2,1H3,(H,26,27). The van der Waals surface area contributed by atoms with Gasteiger partial charge in [0.15, 0.2) is 5.75 Å². The highest BCUT2D eigenvalue weighted by Crippen LogP contribution is 2.36. The zero-order chi connectivity index (χ0) is 23.5. The second-order valence-electron chi connectivity index (χ2n) is 8.03. The Labute approximate surface area is 196 Å². The number of benzene rings is 1. The van der Waals surface area contributed by atoms with E-state index in [1.54, 1.807) is 18.3 Å². The van der Waals surface area contributed by atoms with Crippen molar-refractivity contribution >= 4 is 29.3 Å². The lowest BCUT2D eigenvalue weighted by Gasteiger charge is -2.40. The molecular weight excluding hydrogens is 438 g/mol. The minimum Gasteiger partial charge on any atom is -0.412 e. The maximum atomic E-state index is 12.3. The summed E-state index contributed by atoms with van der Waals surface area (Å²) in [5.41, 5.74) is 0.631. The largest absolute Gasteiger partial charge is 0.486 e. The Hall–Kier alpha value is -3.92. The van der Waals surface area contributed by atoms with Crippen molar-refractivity contribution in [2.24, 2.45) is 4.99 Å². The Morgan fingerprint density at radius 1 is 1.00 bits per heavy atom. The number of para-hydroxylation sites is 2. The molecule has 1 atom stereocenters. The van der Waals surface area contributed by atoms with E-state index in [2.05, 4.69) is 20.1 Å². The molecule has 1 fully saturated rings. The summed E-state index contributed by atoms with van der Waals surface area (Å²) in [6.45, 7) is 5.14. The van der Waals surface area contributed by atoms with E-state index < -0.39 is 17.9 Å². The minimum atomic E-state index is -2.13. The lowest BCUT2D eigenvalue weighted by atomic mass is 10.2. The van der Waals surface area contributed by atoms with E-state index in [9.17, 15) is 9.59 Å². The zero-order valence-corrected chi connectivity index (χ0v) is 18.7. The molecule has 4 heterocycles. The van der Waals surface area contributed by atoms with E-state index >= 15 is 0 Å². The van der Waals surface area contributed by atoms with Crippen LogP contribution in [0.2, 0.25) is 0 Å². The molecule has 5 rings (SSSR count). The number of carbonyl (C=O) groups is 2. The first-order valence-electron chi connectivity index (χ1n) is 11.2. The van der Waals surface area contributed by atoms with Crippen molar-refractivity contribution in [2.75, 3.05) is 36.4 Å². The van der Waals surface area contributed by atoms with Crippen LogP contribution < -0.4 is 15.0 Å². The third-order valence-corrected chi connectivity index (χ3v) is 5.85. The first-order chi connectivity index (χ1) is 16.6.